The van der Waals surface area contributed by atoms with Gasteiger partial charge in [-0.25, -0.2) is 4.98 Å². The molecule has 1 heterocycles. The predicted molar refractivity (Wildman–Crippen MR) is 56.9 cm³/mol. The lowest BCUT2D eigenvalue weighted by atomic mass is 10.1. The minimum atomic E-state index is -0.873. The molecule has 0 fully saturated rings. The summed E-state index contributed by atoms with van der Waals surface area (Å²) in [4.78, 5) is 3.85. The van der Waals surface area contributed by atoms with Crippen molar-refractivity contribution < 1.29 is 5.11 Å². The fourth-order valence-corrected chi connectivity index (χ4v) is 1.49. The summed E-state index contributed by atoms with van der Waals surface area (Å²) in [6, 6.07) is 4.90. The van der Waals surface area contributed by atoms with Gasteiger partial charge >= 0.3 is 0 Å². The first kappa shape index (κ1) is 10.4. The van der Waals surface area contributed by atoms with Gasteiger partial charge in [-0.05, 0) is 17.7 Å². The molecule has 1 atom stereocenters. The molecule has 1 unspecified atom stereocenters. The van der Waals surface area contributed by atoms with Crippen LogP contribution in [0, 0.1) is 0 Å². The van der Waals surface area contributed by atoms with E-state index in [1.54, 1.807) is 18.2 Å². The largest absolute Gasteiger partial charge is 0.380 e. The highest BCUT2D eigenvalue weighted by molar-refractivity contribution is 6.42. The van der Waals surface area contributed by atoms with E-state index in [0.717, 1.165) is 0 Å². The normalized spacial score (nSPS) is 12.7. The van der Waals surface area contributed by atoms with Crippen molar-refractivity contribution >= 4 is 23.2 Å². The monoisotopic (exact) mass is 243 g/mol. The number of aliphatic hydroxyl groups is 1. The first-order chi connectivity index (χ1) is 7.18. The molecule has 0 saturated carbocycles. The van der Waals surface area contributed by atoms with Crippen LogP contribution in [0.5, 0.6) is 0 Å². The number of H-pyrrole nitrogens is 1. The summed E-state index contributed by atoms with van der Waals surface area (Å²) in [5, 5.41) is 16.9. The number of halogens is 2. The van der Waals surface area contributed by atoms with Crippen LogP contribution in [0.1, 0.15) is 17.5 Å². The summed E-state index contributed by atoms with van der Waals surface area (Å²) in [6.45, 7) is 0. The van der Waals surface area contributed by atoms with Gasteiger partial charge in [0.1, 0.15) is 12.4 Å². The quantitative estimate of drug-likeness (QED) is 0.851. The molecule has 0 amide bonds. The van der Waals surface area contributed by atoms with Gasteiger partial charge in [-0.2, -0.15) is 5.10 Å². The van der Waals surface area contributed by atoms with Crippen molar-refractivity contribution in [3.63, 3.8) is 0 Å². The molecule has 0 aliphatic rings. The zero-order valence-electron chi connectivity index (χ0n) is 7.48. The van der Waals surface area contributed by atoms with Crippen LogP contribution in [0.2, 0.25) is 10.0 Å². The van der Waals surface area contributed by atoms with Gasteiger partial charge in [0.2, 0.25) is 0 Å². The average molecular weight is 244 g/mol. The fourth-order valence-electron chi connectivity index (χ4n) is 1.19. The molecule has 2 rings (SSSR count). The minimum Gasteiger partial charge on any atom is -0.380 e. The molecule has 1 aromatic heterocycles. The molecule has 0 spiro atoms. The molecule has 6 heteroatoms. The number of hydrogen-bond acceptors (Lipinski definition) is 3. The third-order valence-corrected chi connectivity index (χ3v) is 2.69. The Kier molecular flexibility index (Phi) is 2.90. The minimum absolute atomic E-state index is 0.369. The first-order valence-electron chi connectivity index (χ1n) is 4.17. The van der Waals surface area contributed by atoms with Gasteiger partial charge in [-0.1, -0.05) is 29.3 Å². The Morgan fingerprint density at radius 2 is 2.07 bits per heavy atom. The fraction of sp³-hybridized carbons (Fsp3) is 0.111. The van der Waals surface area contributed by atoms with E-state index in [-0.39, 0.29) is 0 Å². The van der Waals surface area contributed by atoms with Crippen molar-refractivity contribution in [1.82, 2.24) is 15.2 Å². The van der Waals surface area contributed by atoms with Crippen molar-refractivity contribution in [3.05, 3.63) is 46.0 Å². The first-order valence-corrected chi connectivity index (χ1v) is 4.92. The van der Waals surface area contributed by atoms with Crippen LogP contribution in [-0.2, 0) is 0 Å². The Morgan fingerprint density at radius 3 is 2.67 bits per heavy atom. The smallest absolute Gasteiger partial charge is 0.157 e. The second kappa shape index (κ2) is 4.18. The molecule has 1 aromatic carbocycles. The van der Waals surface area contributed by atoms with E-state index >= 15 is 0 Å². The SMILES string of the molecule is OC(c1ccc(Cl)c(Cl)c1)c1ncn[nH]1. The molecule has 0 aliphatic carbocycles. The van der Waals surface area contributed by atoms with Gasteiger partial charge in [0.25, 0.3) is 0 Å². The molecule has 0 bridgehead atoms. The summed E-state index contributed by atoms with van der Waals surface area (Å²) >= 11 is 11.6. The molecule has 2 N–H and O–H groups in total. The maximum atomic E-state index is 9.86. The number of hydrogen-bond donors (Lipinski definition) is 2. The Balaban J connectivity index is 2.34. The van der Waals surface area contributed by atoms with E-state index in [2.05, 4.69) is 15.2 Å². The lowest BCUT2D eigenvalue weighted by Crippen LogP contribution is -2.01. The Bertz CT molecular complexity index is 458. The van der Waals surface area contributed by atoms with Crippen LogP contribution in [0.15, 0.2) is 24.5 Å². The zero-order chi connectivity index (χ0) is 10.8. The van der Waals surface area contributed by atoms with E-state index in [1.165, 1.54) is 6.33 Å². The topological polar surface area (TPSA) is 61.8 Å². The van der Waals surface area contributed by atoms with Crippen LogP contribution in [0.3, 0.4) is 0 Å². The molecule has 78 valence electrons. The van der Waals surface area contributed by atoms with E-state index in [4.69, 9.17) is 23.2 Å². The summed E-state index contributed by atoms with van der Waals surface area (Å²) in [5.74, 6) is 0.369. The molecule has 0 saturated heterocycles. The van der Waals surface area contributed by atoms with Crippen LogP contribution in [-0.4, -0.2) is 20.3 Å². The Hall–Kier alpha value is -1.10. The molecule has 0 radical (unpaired) electrons. The van der Waals surface area contributed by atoms with Crippen molar-refractivity contribution in [3.8, 4) is 0 Å². The lowest BCUT2D eigenvalue weighted by molar-refractivity contribution is 0.210. The third kappa shape index (κ3) is 2.12. The second-order valence-corrected chi connectivity index (χ2v) is 3.76. The second-order valence-electron chi connectivity index (χ2n) is 2.95. The highest BCUT2D eigenvalue weighted by Gasteiger charge is 2.14. The van der Waals surface area contributed by atoms with E-state index in [0.29, 0.717) is 21.4 Å². The van der Waals surface area contributed by atoms with Crippen molar-refractivity contribution in [2.24, 2.45) is 0 Å². The summed E-state index contributed by atoms with van der Waals surface area (Å²) in [6.07, 6.45) is 0.457. The Morgan fingerprint density at radius 1 is 1.27 bits per heavy atom. The molecular formula is C9H7Cl2N3O. The number of aromatic amines is 1. The molecule has 4 nitrogen and oxygen atoms in total. The number of rotatable bonds is 2. The summed E-state index contributed by atoms with van der Waals surface area (Å²) in [5.41, 5.74) is 0.612. The summed E-state index contributed by atoms with van der Waals surface area (Å²) < 4.78 is 0. The molecule has 0 aliphatic heterocycles. The van der Waals surface area contributed by atoms with Crippen LogP contribution >= 0.6 is 23.2 Å². The standard InChI is InChI=1S/C9H7Cl2N3O/c10-6-2-1-5(3-7(6)11)8(15)9-12-4-13-14-9/h1-4,8,15H,(H,12,13,14). The Labute approximate surface area is 95.9 Å². The third-order valence-electron chi connectivity index (χ3n) is 1.95. The average Bonchev–Trinajstić information content (AvgIpc) is 2.74. The maximum absolute atomic E-state index is 9.86. The van der Waals surface area contributed by atoms with Gasteiger partial charge in [0.15, 0.2) is 5.82 Å². The lowest BCUT2D eigenvalue weighted by Gasteiger charge is -2.08. The van der Waals surface area contributed by atoms with E-state index < -0.39 is 6.10 Å². The van der Waals surface area contributed by atoms with Crippen LogP contribution in [0.25, 0.3) is 0 Å². The van der Waals surface area contributed by atoms with E-state index in [1.807, 2.05) is 0 Å². The predicted octanol–water partition coefficient (Wildman–Crippen LogP) is 2.19. The number of aliphatic hydroxyl groups excluding tert-OH is 1. The van der Waals surface area contributed by atoms with Crippen molar-refractivity contribution in [2.45, 2.75) is 6.10 Å². The van der Waals surface area contributed by atoms with Gasteiger partial charge in [0, 0.05) is 0 Å². The van der Waals surface area contributed by atoms with Gasteiger partial charge < -0.3 is 5.11 Å². The summed E-state index contributed by atoms with van der Waals surface area (Å²) in [7, 11) is 0. The van der Waals surface area contributed by atoms with Gasteiger partial charge in [-0.3, -0.25) is 5.10 Å². The zero-order valence-corrected chi connectivity index (χ0v) is 9.00. The van der Waals surface area contributed by atoms with Crippen molar-refractivity contribution in [2.75, 3.05) is 0 Å². The number of nitrogens with zero attached hydrogens (tertiary/aromatic N) is 2. The van der Waals surface area contributed by atoms with Crippen molar-refractivity contribution in [1.29, 1.82) is 0 Å². The molecule has 15 heavy (non-hydrogen) atoms. The molecular weight excluding hydrogens is 237 g/mol. The maximum Gasteiger partial charge on any atom is 0.157 e. The highest BCUT2D eigenvalue weighted by atomic mass is 35.5. The number of nitrogens with one attached hydrogen (secondary N) is 1. The number of benzene rings is 1. The number of aromatic nitrogens is 3. The van der Waals surface area contributed by atoms with E-state index in [9.17, 15) is 5.11 Å². The highest BCUT2D eigenvalue weighted by Crippen LogP contribution is 2.27. The van der Waals surface area contributed by atoms with Gasteiger partial charge in [-0.15, -0.1) is 0 Å². The van der Waals surface area contributed by atoms with Crippen LogP contribution < -0.4 is 0 Å². The van der Waals surface area contributed by atoms with Crippen LogP contribution in [0.4, 0.5) is 0 Å². The molecule has 2 aromatic rings. The van der Waals surface area contributed by atoms with Gasteiger partial charge in [0.05, 0.1) is 10.0 Å².